The number of nitrogens with two attached hydrogens (primary N) is 1. The molecule has 0 aliphatic carbocycles. The standard InChI is InChI=1S/C10H11ClIN/c1-2-3-10(13)7-4-5-8(11)9(12)6-7/h2,4-6,10H,1,3,13H2/t10-/m0/s1. The normalized spacial score (nSPS) is 12.5. The largest absolute Gasteiger partial charge is 0.324 e. The van der Waals surface area contributed by atoms with Gasteiger partial charge in [-0.3, -0.25) is 0 Å². The molecule has 70 valence electrons. The Balaban J connectivity index is 2.89. The molecule has 1 nitrogen and oxygen atoms in total. The maximum Gasteiger partial charge on any atom is 0.0539 e. The summed E-state index contributed by atoms with van der Waals surface area (Å²) in [7, 11) is 0. The van der Waals surface area contributed by atoms with E-state index in [1.165, 1.54) is 0 Å². The lowest BCUT2D eigenvalue weighted by molar-refractivity contribution is 0.741. The Morgan fingerprint density at radius 3 is 2.85 bits per heavy atom. The van der Waals surface area contributed by atoms with Crippen molar-refractivity contribution in [3.8, 4) is 0 Å². The molecule has 0 saturated heterocycles. The highest BCUT2D eigenvalue weighted by Crippen LogP contribution is 2.23. The van der Waals surface area contributed by atoms with Crippen LogP contribution < -0.4 is 5.73 Å². The summed E-state index contributed by atoms with van der Waals surface area (Å²) in [5.41, 5.74) is 7.01. The Labute approximate surface area is 97.1 Å². The van der Waals surface area contributed by atoms with Crippen molar-refractivity contribution in [2.24, 2.45) is 5.73 Å². The van der Waals surface area contributed by atoms with Crippen molar-refractivity contribution in [1.29, 1.82) is 0 Å². The quantitative estimate of drug-likeness (QED) is 0.671. The van der Waals surface area contributed by atoms with Crippen LogP contribution in [-0.4, -0.2) is 0 Å². The minimum atomic E-state index is 0.0308. The SMILES string of the molecule is C=CC[C@H](N)c1ccc(Cl)c(I)c1. The zero-order valence-electron chi connectivity index (χ0n) is 7.13. The van der Waals surface area contributed by atoms with E-state index in [4.69, 9.17) is 17.3 Å². The highest BCUT2D eigenvalue weighted by Gasteiger charge is 2.05. The van der Waals surface area contributed by atoms with Crippen LogP contribution in [0.2, 0.25) is 5.02 Å². The fourth-order valence-corrected chi connectivity index (χ4v) is 1.72. The topological polar surface area (TPSA) is 26.0 Å². The molecule has 0 radical (unpaired) electrons. The van der Waals surface area contributed by atoms with Gasteiger partial charge in [-0.25, -0.2) is 0 Å². The van der Waals surface area contributed by atoms with E-state index in [2.05, 4.69) is 29.2 Å². The molecule has 3 heteroatoms. The molecule has 0 aliphatic rings. The Kier molecular flexibility index (Phi) is 4.22. The summed E-state index contributed by atoms with van der Waals surface area (Å²) >= 11 is 8.09. The molecule has 0 spiro atoms. The Bertz CT molecular complexity index is 312. The van der Waals surface area contributed by atoms with Crippen LogP contribution in [0, 0.1) is 3.57 Å². The second kappa shape index (κ2) is 4.98. The van der Waals surface area contributed by atoms with Crippen molar-refractivity contribution < 1.29 is 0 Å². The predicted molar refractivity (Wildman–Crippen MR) is 65.9 cm³/mol. The molecule has 1 rings (SSSR count). The molecular weight excluding hydrogens is 296 g/mol. The van der Waals surface area contributed by atoms with Crippen molar-refractivity contribution in [1.82, 2.24) is 0 Å². The third-order valence-corrected chi connectivity index (χ3v) is 3.33. The van der Waals surface area contributed by atoms with Gasteiger partial charge in [0.05, 0.1) is 5.02 Å². The summed E-state index contributed by atoms with van der Waals surface area (Å²) in [6, 6.07) is 5.88. The summed E-state index contributed by atoms with van der Waals surface area (Å²) in [5, 5.41) is 0.773. The molecular formula is C10H11ClIN. The van der Waals surface area contributed by atoms with Gasteiger partial charge in [0.1, 0.15) is 0 Å². The second-order valence-electron chi connectivity index (χ2n) is 2.80. The molecule has 0 aromatic heterocycles. The average molecular weight is 308 g/mol. The van der Waals surface area contributed by atoms with Crippen molar-refractivity contribution in [3.05, 3.63) is 45.0 Å². The van der Waals surface area contributed by atoms with Crippen LogP contribution in [0.1, 0.15) is 18.0 Å². The van der Waals surface area contributed by atoms with E-state index in [1.807, 2.05) is 24.3 Å². The van der Waals surface area contributed by atoms with E-state index in [9.17, 15) is 0 Å². The van der Waals surface area contributed by atoms with Crippen LogP contribution in [-0.2, 0) is 0 Å². The van der Waals surface area contributed by atoms with Gasteiger partial charge in [-0.05, 0) is 46.7 Å². The molecule has 0 unspecified atom stereocenters. The molecule has 2 N–H and O–H groups in total. The van der Waals surface area contributed by atoms with Gasteiger partial charge in [-0.15, -0.1) is 6.58 Å². The summed E-state index contributed by atoms with van der Waals surface area (Å²) in [6.45, 7) is 3.66. The second-order valence-corrected chi connectivity index (χ2v) is 4.37. The molecule has 1 atom stereocenters. The minimum absolute atomic E-state index is 0.0308. The van der Waals surface area contributed by atoms with E-state index in [-0.39, 0.29) is 6.04 Å². The molecule has 0 saturated carbocycles. The first-order valence-corrected chi connectivity index (χ1v) is 5.42. The molecule has 1 aromatic rings. The molecule has 0 amide bonds. The van der Waals surface area contributed by atoms with Crippen molar-refractivity contribution in [2.45, 2.75) is 12.5 Å². The van der Waals surface area contributed by atoms with Gasteiger partial charge >= 0.3 is 0 Å². The lowest BCUT2D eigenvalue weighted by atomic mass is 10.1. The summed E-state index contributed by atoms with van der Waals surface area (Å²) in [5.74, 6) is 0. The third-order valence-electron chi connectivity index (χ3n) is 1.79. The number of halogens is 2. The summed E-state index contributed by atoms with van der Waals surface area (Å²) < 4.78 is 1.04. The highest BCUT2D eigenvalue weighted by molar-refractivity contribution is 14.1. The smallest absolute Gasteiger partial charge is 0.0539 e. The lowest BCUT2D eigenvalue weighted by Gasteiger charge is -2.10. The average Bonchev–Trinajstić information content (AvgIpc) is 2.10. The first-order valence-electron chi connectivity index (χ1n) is 3.96. The fourth-order valence-electron chi connectivity index (χ4n) is 1.06. The number of benzene rings is 1. The van der Waals surface area contributed by atoms with Gasteiger partial charge in [0, 0.05) is 9.61 Å². The Morgan fingerprint density at radius 2 is 2.31 bits per heavy atom. The number of rotatable bonds is 3. The van der Waals surface area contributed by atoms with Crippen LogP contribution in [0.3, 0.4) is 0 Å². The molecule has 0 fully saturated rings. The van der Waals surface area contributed by atoms with Crippen LogP contribution >= 0.6 is 34.2 Å². The fraction of sp³-hybridized carbons (Fsp3) is 0.200. The zero-order chi connectivity index (χ0) is 9.84. The van der Waals surface area contributed by atoms with Crippen LogP contribution in [0.15, 0.2) is 30.9 Å². The maximum absolute atomic E-state index is 5.91. The monoisotopic (exact) mass is 307 g/mol. The van der Waals surface area contributed by atoms with Gasteiger partial charge in [-0.1, -0.05) is 23.7 Å². The molecule has 0 bridgehead atoms. The van der Waals surface area contributed by atoms with E-state index < -0.39 is 0 Å². The third kappa shape index (κ3) is 2.97. The van der Waals surface area contributed by atoms with Gasteiger partial charge in [0.15, 0.2) is 0 Å². The first-order chi connectivity index (χ1) is 6.15. The van der Waals surface area contributed by atoms with Gasteiger partial charge in [0.2, 0.25) is 0 Å². The van der Waals surface area contributed by atoms with E-state index in [0.717, 1.165) is 20.6 Å². The first kappa shape index (κ1) is 11.0. The van der Waals surface area contributed by atoms with Crippen molar-refractivity contribution in [2.75, 3.05) is 0 Å². The van der Waals surface area contributed by atoms with Gasteiger partial charge in [0.25, 0.3) is 0 Å². The number of hydrogen-bond acceptors (Lipinski definition) is 1. The summed E-state index contributed by atoms with van der Waals surface area (Å²) in [4.78, 5) is 0. The molecule has 0 aliphatic heterocycles. The zero-order valence-corrected chi connectivity index (χ0v) is 10.0. The number of hydrogen-bond donors (Lipinski definition) is 1. The van der Waals surface area contributed by atoms with E-state index in [1.54, 1.807) is 0 Å². The summed E-state index contributed by atoms with van der Waals surface area (Å²) in [6.07, 6.45) is 2.61. The van der Waals surface area contributed by atoms with E-state index in [0.29, 0.717) is 0 Å². The van der Waals surface area contributed by atoms with Gasteiger partial charge < -0.3 is 5.73 Å². The van der Waals surface area contributed by atoms with E-state index >= 15 is 0 Å². The highest BCUT2D eigenvalue weighted by atomic mass is 127. The molecule has 0 heterocycles. The van der Waals surface area contributed by atoms with Crippen LogP contribution in [0.4, 0.5) is 0 Å². The minimum Gasteiger partial charge on any atom is -0.324 e. The van der Waals surface area contributed by atoms with Crippen molar-refractivity contribution in [3.63, 3.8) is 0 Å². The Morgan fingerprint density at radius 1 is 1.62 bits per heavy atom. The van der Waals surface area contributed by atoms with Crippen LogP contribution in [0.5, 0.6) is 0 Å². The van der Waals surface area contributed by atoms with Crippen LogP contribution in [0.25, 0.3) is 0 Å². The lowest BCUT2D eigenvalue weighted by Crippen LogP contribution is -2.08. The molecule has 13 heavy (non-hydrogen) atoms. The van der Waals surface area contributed by atoms with Crippen molar-refractivity contribution >= 4 is 34.2 Å². The Hall–Kier alpha value is -0.0600. The van der Waals surface area contributed by atoms with Gasteiger partial charge in [-0.2, -0.15) is 0 Å². The maximum atomic E-state index is 5.91. The predicted octanol–water partition coefficient (Wildman–Crippen LogP) is 3.52. The molecule has 1 aromatic carbocycles.